The van der Waals surface area contributed by atoms with E-state index >= 15 is 0 Å². The van der Waals surface area contributed by atoms with Crippen LogP contribution in [0.3, 0.4) is 0 Å². The molecule has 0 N–H and O–H groups in total. The van der Waals surface area contributed by atoms with E-state index in [1.807, 2.05) is 5.38 Å². The maximum atomic E-state index is 11.6. The van der Waals surface area contributed by atoms with Gasteiger partial charge < -0.3 is 4.90 Å². The quantitative estimate of drug-likeness (QED) is 0.814. The van der Waals surface area contributed by atoms with E-state index in [-0.39, 0.29) is 6.04 Å². The Morgan fingerprint density at radius 2 is 2.00 bits per heavy atom. The molecular weight excluding hydrogens is 320 g/mol. The molecule has 2 aromatic heterocycles. The summed E-state index contributed by atoms with van der Waals surface area (Å²) in [5.74, 6) is 1.68. The van der Waals surface area contributed by atoms with Crippen molar-refractivity contribution in [1.82, 2.24) is 14.9 Å². The van der Waals surface area contributed by atoms with Crippen LogP contribution in [0.1, 0.15) is 6.42 Å². The van der Waals surface area contributed by atoms with Gasteiger partial charge in [-0.1, -0.05) is 0 Å². The van der Waals surface area contributed by atoms with Crippen molar-refractivity contribution in [3.05, 3.63) is 17.8 Å². The number of aromatic nitrogens is 2. The molecule has 8 heteroatoms. The van der Waals surface area contributed by atoms with Crippen molar-refractivity contribution in [2.24, 2.45) is 0 Å². The lowest BCUT2D eigenvalue weighted by Gasteiger charge is -2.38. The van der Waals surface area contributed by atoms with Crippen molar-refractivity contribution in [1.29, 1.82) is 0 Å². The zero-order chi connectivity index (χ0) is 15.2. The average molecular weight is 338 g/mol. The molecule has 6 nitrogen and oxygen atoms in total. The van der Waals surface area contributed by atoms with Gasteiger partial charge in [-0.2, -0.15) is 0 Å². The van der Waals surface area contributed by atoms with Gasteiger partial charge in [0.05, 0.1) is 16.9 Å². The van der Waals surface area contributed by atoms with E-state index in [4.69, 9.17) is 0 Å². The second-order valence-corrected chi connectivity index (χ2v) is 9.04. The maximum Gasteiger partial charge on any atom is 0.151 e. The van der Waals surface area contributed by atoms with Gasteiger partial charge in [-0.25, -0.2) is 18.4 Å². The molecule has 0 aliphatic carbocycles. The Morgan fingerprint density at radius 1 is 1.18 bits per heavy atom. The fourth-order valence-corrected chi connectivity index (χ4v) is 5.88. The van der Waals surface area contributed by atoms with Crippen LogP contribution in [0.2, 0.25) is 0 Å². The number of hydrogen-bond acceptors (Lipinski definition) is 7. The standard InChI is InChI=1S/C14H18N4O2S2/c19-22(20)8-2-11(9-22)17-3-5-18(6-4-17)13-12-1-7-21-14(12)16-10-15-13/h1,7,10-11H,2-6,8-9H2. The number of piperazine rings is 1. The average Bonchev–Trinajstić information content (AvgIpc) is 3.13. The van der Waals surface area contributed by atoms with Crippen LogP contribution in [0.5, 0.6) is 0 Å². The highest BCUT2D eigenvalue weighted by molar-refractivity contribution is 7.91. The zero-order valence-corrected chi connectivity index (χ0v) is 13.8. The first-order valence-electron chi connectivity index (χ1n) is 7.50. The third-order valence-electron chi connectivity index (χ3n) is 4.58. The van der Waals surface area contributed by atoms with Gasteiger partial charge in [0.1, 0.15) is 17.0 Å². The molecule has 2 aromatic rings. The van der Waals surface area contributed by atoms with Crippen molar-refractivity contribution in [2.45, 2.75) is 12.5 Å². The van der Waals surface area contributed by atoms with Gasteiger partial charge >= 0.3 is 0 Å². The number of rotatable bonds is 2. The van der Waals surface area contributed by atoms with E-state index in [2.05, 4.69) is 25.8 Å². The summed E-state index contributed by atoms with van der Waals surface area (Å²) in [6, 6.07) is 2.28. The minimum atomic E-state index is -2.81. The molecule has 0 spiro atoms. The number of fused-ring (bicyclic) bond motifs is 1. The number of nitrogens with zero attached hydrogens (tertiary/aromatic N) is 4. The van der Waals surface area contributed by atoms with Crippen LogP contribution in [0.15, 0.2) is 17.8 Å². The van der Waals surface area contributed by atoms with Crippen molar-refractivity contribution >= 4 is 37.2 Å². The van der Waals surface area contributed by atoms with Gasteiger partial charge in [0, 0.05) is 32.2 Å². The highest BCUT2D eigenvalue weighted by Gasteiger charge is 2.34. The number of sulfone groups is 1. The van der Waals surface area contributed by atoms with Crippen LogP contribution in [0.25, 0.3) is 10.2 Å². The van der Waals surface area contributed by atoms with Crippen molar-refractivity contribution < 1.29 is 8.42 Å². The summed E-state index contributed by atoms with van der Waals surface area (Å²) >= 11 is 1.63. The Hall–Kier alpha value is -1.25. The van der Waals surface area contributed by atoms with E-state index in [1.165, 1.54) is 0 Å². The molecule has 0 amide bonds. The first-order valence-corrected chi connectivity index (χ1v) is 10.2. The Balaban J connectivity index is 1.47. The Bertz CT molecular complexity index is 781. The molecule has 0 saturated carbocycles. The summed E-state index contributed by atoms with van der Waals surface area (Å²) in [7, 11) is -2.81. The summed E-state index contributed by atoms with van der Waals surface area (Å²) in [4.78, 5) is 14.4. The van der Waals surface area contributed by atoms with Gasteiger partial charge in [-0.3, -0.25) is 4.90 Å². The minimum Gasteiger partial charge on any atom is -0.353 e. The van der Waals surface area contributed by atoms with Crippen LogP contribution < -0.4 is 4.90 Å². The van der Waals surface area contributed by atoms with Crippen LogP contribution >= 0.6 is 11.3 Å². The van der Waals surface area contributed by atoms with Crippen LogP contribution in [0, 0.1) is 0 Å². The van der Waals surface area contributed by atoms with E-state index in [0.29, 0.717) is 11.5 Å². The predicted octanol–water partition coefficient (Wildman–Crippen LogP) is 1.00. The van der Waals surface area contributed by atoms with Gasteiger partial charge in [-0.15, -0.1) is 11.3 Å². The first-order chi connectivity index (χ1) is 10.6. The highest BCUT2D eigenvalue weighted by Crippen LogP contribution is 2.28. The molecule has 2 fully saturated rings. The first kappa shape index (κ1) is 14.3. The zero-order valence-electron chi connectivity index (χ0n) is 12.2. The number of thiophene rings is 1. The molecule has 2 aliphatic heterocycles. The third kappa shape index (κ3) is 2.59. The van der Waals surface area contributed by atoms with E-state index in [1.54, 1.807) is 17.7 Å². The van der Waals surface area contributed by atoms with Crippen molar-refractivity contribution in [3.63, 3.8) is 0 Å². The van der Waals surface area contributed by atoms with Crippen LogP contribution in [-0.4, -0.2) is 67.0 Å². The lowest BCUT2D eigenvalue weighted by Crippen LogP contribution is -2.51. The van der Waals surface area contributed by atoms with E-state index in [9.17, 15) is 8.42 Å². The lowest BCUT2D eigenvalue weighted by molar-refractivity contribution is 0.200. The summed E-state index contributed by atoms with van der Waals surface area (Å²) in [5, 5.41) is 3.16. The maximum absolute atomic E-state index is 11.6. The highest BCUT2D eigenvalue weighted by atomic mass is 32.2. The summed E-state index contributed by atoms with van der Waals surface area (Å²) in [5.41, 5.74) is 0. The predicted molar refractivity (Wildman–Crippen MR) is 88.3 cm³/mol. The summed E-state index contributed by atoms with van der Waals surface area (Å²) < 4.78 is 23.3. The molecule has 2 saturated heterocycles. The van der Waals surface area contributed by atoms with Gasteiger partial charge in [-0.05, 0) is 17.9 Å². The molecule has 22 heavy (non-hydrogen) atoms. The fraction of sp³-hybridized carbons (Fsp3) is 0.571. The largest absolute Gasteiger partial charge is 0.353 e. The SMILES string of the molecule is O=S1(=O)CCC(N2CCN(c3ncnc4sccc34)CC2)C1. The molecule has 0 bridgehead atoms. The second-order valence-electron chi connectivity index (χ2n) is 5.92. The Morgan fingerprint density at radius 3 is 2.73 bits per heavy atom. The normalized spacial score (nSPS) is 25.8. The molecular formula is C14H18N4O2S2. The topological polar surface area (TPSA) is 66.4 Å². The van der Waals surface area contributed by atoms with Crippen molar-refractivity contribution in [2.75, 3.05) is 42.6 Å². The molecule has 0 radical (unpaired) electrons. The molecule has 118 valence electrons. The molecule has 1 unspecified atom stereocenters. The Kier molecular flexibility index (Phi) is 3.54. The molecule has 4 heterocycles. The Labute approximate surface area is 133 Å². The molecule has 1 atom stereocenters. The smallest absolute Gasteiger partial charge is 0.151 e. The second kappa shape index (κ2) is 5.43. The fourth-order valence-electron chi connectivity index (χ4n) is 3.39. The van der Waals surface area contributed by atoms with Gasteiger partial charge in [0.25, 0.3) is 0 Å². The number of anilines is 1. The summed E-state index contributed by atoms with van der Waals surface area (Å²) in [6.07, 6.45) is 2.41. The monoisotopic (exact) mass is 338 g/mol. The van der Waals surface area contributed by atoms with E-state index < -0.39 is 9.84 Å². The minimum absolute atomic E-state index is 0.207. The lowest BCUT2D eigenvalue weighted by atomic mass is 10.2. The summed E-state index contributed by atoms with van der Waals surface area (Å²) in [6.45, 7) is 3.57. The van der Waals surface area contributed by atoms with Crippen LogP contribution in [0.4, 0.5) is 5.82 Å². The molecule has 4 rings (SSSR count). The van der Waals surface area contributed by atoms with E-state index in [0.717, 1.165) is 48.6 Å². The van der Waals surface area contributed by atoms with Gasteiger partial charge in [0.2, 0.25) is 0 Å². The number of hydrogen-bond donors (Lipinski definition) is 0. The van der Waals surface area contributed by atoms with Crippen LogP contribution in [-0.2, 0) is 9.84 Å². The molecule has 2 aliphatic rings. The van der Waals surface area contributed by atoms with Gasteiger partial charge in [0.15, 0.2) is 9.84 Å². The molecule has 0 aromatic carbocycles. The third-order valence-corrected chi connectivity index (χ3v) is 7.15. The van der Waals surface area contributed by atoms with Crippen molar-refractivity contribution in [3.8, 4) is 0 Å².